The predicted octanol–water partition coefficient (Wildman–Crippen LogP) is 2.26. The van der Waals surface area contributed by atoms with Crippen LogP contribution in [0.3, 0.4) is 0 Å². The molecule has 17 heavy (non-hydrogen) atoms. The van der Waals surface area contributed by atoms with Gasteiger partial charge in [0.1, 0.15) is 5.82 Å². The Morgan fingerprint density at radius 2 is 2.41 bits per heavy atom. The molecular weight excluding hydrogens is 284 g/mol. The Morgan fingerprint density at radius 1 is 1.59 bits per heavy atom. The molecule has 1 aliphatic rings. The summed E-state index contributed by atoms with van der Waals surface area (Å²) < 4.78 is 6.58. The van der Waals surface area contributed by atoms with E-state index in [4.69, 9.17) is 4.74 Å². The first-order chi connectivity index (χ1) is 8.13. The van der Waals surface area contributed by atoms with Crippen LogP contribution < -0.4 is 10.6 Å². The highest BCUT2D eigenvalue weighted by molar-refractivity contribution is 9.10. The summed E-state index contributed by atoms with van der Waals surface area (Å²) >= 11 is 3.43. The average molecular weight is 301 g/mol. The number of hydrogen-bond donors (Lipinski definition) is 2. The number of nitrogens with one attached hydrogen (secondary N) is 2. The van der Waals surface area contributed by atoms with Crippen LogP contribution in [-0.4, -0.2) is 35.8 Å². The van der Waals surface area contributed by atoms with Gasteiger partial charge in [-0.25, -0.2) is 4.98 Å². The van der Waals surface area contributed by atoms with Gasteiger partial charge in [-0.3, -0.25) is 0 Å². The Kier molecular flexibility index (Phi) is 3.83. The van der Waals surface area contributed by atoms with Gasteiger partial charge in [0.15, 0.2) is 0 Å². The largest absolute Gasteiger partial charge is 0.373 e. The van der Waals surface area contributed by atoms with E-state index in [9.17, 15) is 0 Å². The number of rotatable bonds is 4. The molecule has 1 unspecified atom stereocenters. The smallest absolute Gasteiger partial charge is 0.224 e. The minimum Gasteiger partial charge on any atom is -0.373 e. The van der Waals surface area contributed by atoms with Gasteiger partial charge in [-0.05, 0) is 35.7 Å². The minimum atomic E-state index is -0.0792. The van der Waals surface area contributed by atoms with Crippen molar-refractivity contribution in [3.05, 3.63) is 10.7 Å². The van der Waals surface area contributed by atoms with E-state index in [1.165, 1.54) is 0 Å². The zero-order valence-electron chi connectivity index (χ0n) is 10.1. The molecule has 1 saturated heterocycles. The van der Waals surface area contributed by atoms with Gasteiger partial charge in [0.05, 0.1) is 10.1 Å². The van der Waals surface area contributed by atoms with E-state index in [-0.39, 0.29) is 5.60 Å². The SMILES string of the molecule is CNc1ncc(Br)c(NCC2(C)CCCO2)n1. The molecular formula is C11H17BrN4O. The van der Waals surface area contributed by atoms with Gasteiger partial charge in [-0.2, -0.15) is 4.98 Å². The first-order valence-electron chi connectivity index (χ1n) is 5.71. The van der Waals surface area contributed by atoms with E-state index in [0.29, 0.717) is 5.95 Å². The third-order valence-corrected chi connectivity index (χ3v) is 3.48. The van der Waals surface area contributed by atoms with Gasteiger partial charge >= 0.3 is 0 Å². The van der Waals surface area contributed by atoms with Crippen molar-refractivity contribution in [2.24, 2.45) is 0 Å². The summed E-state index contributed by atoms with van der Waals surface area (Å²) in [4.78, 5) is 8.46. The van der Waals surface area contributed by atoms with Crippen molar-refractivity contribution in [1.82, 2.24) is 9.97 Å². The van der Waals surface area contributed by atoms with Crippen LogP contribution >= 0.6 is 15.9 Å². The summed E-state index contributed by atoms with van der Waals surface area (Å²) in [6.07, 6.45) is 3.95. The highest BCUT2D eigenvalue weighted by atomic mass is 79.9. The second kappa shape index (κ2) is 5.18. The van der Waals surface area contributed by atoms with Crippen molar-refractivity contribution in [3.63, 3.8) is 0 Å². The van der Waals surface area contributed by atoms with Crippen molar-refractivity contribution in [3.8, 4) is 0 Å². The third-order valence-electron chi connectivity index (χ3n) is 2.90. The standard InChI is InChI=1S/C11H17BrN4O/c1-11(4-3-5-17-11)7-15-9-8(12)6-14-10(13-2)16-9/h6H,3-5,7H2,1-2H3,(H2,13,14,15,16). The Bertz CT molecular complexity index is 393. The molecule has 0 aliphatic carbocycles. The van der Waals surface area contributed by atoms with Crippen LogP contribution in [0.4, 0.5) is 11.8 Å². The lowest BCUT2D eigenvalue weighted by molar-refractivity contribution is 0.0314. The summed E-state index contributed by atoms with van der Waals surface area (Å²) in [5.41, 5.74) is -0.0792. The van der Waals surface area contributed by atoms with Crippen LogP contribution in [-0.2, 0) is 4.74 Å². The maximum Gasteiger partial charge on any atom is 0.224 e. The minimum absolute atomic E-state index is 0.0792. The molecule has 0 radical (unpaired) electrons. The Labute approximate surface area is 110 Å². The van der Waals surface area contributed by atoms with E-state index in [0.717, 1.165) is 36.3 Å². The second-order valence-corrected chi connectivity index (χ2v) is 5.25. The van der Waals surface area contributed by atoms with Crippen LogP contribution in [0.15, 0.2) is 10.7 Å². The predicted molar refractivity (Wildman–Crippen MR) is 71.4 cm³/mol. The molecule has 1 aromatic rings. The molecule has 0 saturated carbocycles. The van der Waals surface area contributed by atoms with Crippen LogP contribution in [0.2, 0.25) is 0 Å². The summed E-state index contributed by atoms with van der Waals surface area (Å²) in [6.45, 7) is 3.73. The fourth-order valence-corrected chi connectivity index (χ4v) is 2.19. The number of nitrogens with zero attached hydrogens (tertiary/aromatic N) is 2. The number of hydrogen-bond acceptors (Lipinski definition) is 5. The Balaban J connectivity index is 2.02. The van der Waals surface area contributed by atoms with Crippen molar-refractivity contribution in [1.29, 1.82) is 0 Å². The van der Waals surface area contributed by atoms with E-state index >= 15 is 0 Å². The molecule has 5 nitrogen and oxygen atoms in total. The number of aromatic nitrogens is 2. The summed E-state index contributed by atoms with van der Waals surface area (Å²) in [5, 5.41) is 6.22. The fraction of sp³-hybridized carbons (Fsp3) is 0.636. The highest BCUT2D eigenvalue weighted by Crippen LogP contribution is 2.27. The third kappa shape index (κ3) is 3.07. The average Bonchev–Trinajstić information content (AvgIpc) is 2.76. The normalized spacial score (nSPS) is 23.7. The topological polar surface area (TPSA) is 59.1 Å². The molecule has 0 bridgehead atoms. The molecule has 1 aromatic heterocycles. The van der Waals surface area contributed by atoms with Crippen molar-refractivity contribution in [2.75, 3.05) is 30.8 Å². The van der Waals surface area contributed by atoms with Gasteiger partial charge in [0.2, 0.25) is 5.95 Å². The van der Waals surface area contributed by atoms with Crippen LogP contribution in [0, 0.1) is 0 Å². The van der Waals surface area contributed by atoms with Crippen LogP contribution in [0.1, 0.15) is 19.8 Å². The van der Waals surface area contributed by atoms with Gasteiger partial charge in [0.25, 0.3) is 0 Å². The highest BCUT2D eigenvalue weighted by Gasteiger charge is 2.29. The summed E-state index contributed by atoms with van der Waals surface area (Å²) in [7, 11) is 1.80. The lowest BCUT2D eigenvalue weighted by Crippen LogP contribution is -2.32. The van der Waals surface area contributed by atoms with Crippen molar-refractivity contribution < 1.29 is 4.74 Å². The molecule has 1 aliphatic heterocycles. The molecule has 0 amide bonds. The monoisotopic (exact) mass is 300 g/mol. The molecule has 0 aromatic carbocycles. The zero-order chi connectivity index (χ0) is 12.3. The van der Waals surface area contributed by atoms with Gasteiger partial charge in [0, 0.05) is 26.4 Å². The zero-order valence-corrected chi connectivity index (χ0v) is 11.7. The molecule has 1 fully saturated rings. The first kappa shape index (κ1) is 12.6. The van der Waals surface area contributed by atoms with E-state index in [1.807, 2.05) is 0 Å². The van der Waals surface area contributed by atoms with Crippen LogP contribution in [0.25, 0.3) is 0 Å². The van der Waals surface area contributed by atoms with Gasteiger partial charge < -0.3 is 15.4 Å². The quantitative estimate of drug-likeness (QED) is 0.893. The lowest BCUT2D eigenvalue weighted by atomic mass is 10.0. The Morgan fingerprint density at radius 3 is 3.06 bits per heavy atom. The molecule has 2 heterocycles. The first-order valence-corrected chi connectivity index (χ1v) is 6.50. The molecule has 1 atom stereocenters. The molecule has 2 rings (SSSR count). The number of ether oxygens (including phenoxy) is 1. The maximum atomic E-state index is 5.72. The number of anilines is 2. The molecule has 94 valence electrons. The lowest BCUT2D eigenvalue weighted by Gasteiger charge is -2.24. The van der Waals surface area contributed by atoms with E-state index in [1.54, 1.807) is 13.2 Å². The van der Waals surface area contributed by atoms with Crippen molar-refractivity contribution in [2.45, 2.75) is 25.4 Å². The summed E-state index contributed by atoms with van der Waals surface area (Å²) in [6, 6.07) is 0. The maximum absolute atomic E-state index is 5.72. The van der Waals surface area contributed by atoms with Crippen LogP contribution in [0.5, 0.6) is 0 Å². The van der Waals surface area contributed by atoms with Crippen molar-refractivity contribution >= 4 is 27.7 Å². The number of halogens is 1. The van der Waals surface area contributed by atoms with E-state index < -0.39 is 0 Å². The van der Waals surface area contributed by atoms with Gasteiger partial charge in [-0.15, -0.1) is 0 Å². The molecule has 6 heteroatoms. The molecule has 0 spiro atoms. The van der Waals surface area contributed by atoms with E-state index in [2.05, 4.69) is 43.5 Å². The van der Waals surface area contributed by atoms with Gasteiger partial charge in [-0.1, -0.05) is 0 Å². The summed E-state index contributed by atoms with van der Waals surface area (Å²) in [5.74, 6) is 1.40. The Hall–Kier alpha value is -0.880. The molecule has 2 N–H and O–H groups in total. The second-order valence-electron chi connectivity index (χ2n) is 4.40. The fourth-order valence-electron chi connectivity index (χ4n) is 1.86.